The van der Waals surface area contributed by atoms with E-state index >= 15 is 0 Å². The summed E-state index contributed by atoms with van der Waals surface area (Å²) in [6.07, 6.45) is 2.68. The van der Waals surface area contributed by atoms with Crippen LogP contribution >= 0.6 is 0 Å². The SMILES string of the molecule is CC1NNC(C)C1CC(=O)NC(c1ccc2c(c1)CCO2)C1CC(O)C1. The lowest BCUT2D eigenvalue weighted by atomic mass is 9.74. The third-order valence-electron chi connectivity index (χ3n) is 6.25. The van der Waals surface area contributed by atoms with Crippen molar-refractivity contribution in [2.24, 2.45) is 11.8 Å². The number of rotatable bonds is 5. The number of hydrogen-bond acceptors (Lipinski definition) is 5. The average Bonchev–Trinajstić information content (AvgIpc) is 3.18. The van der Waals surface area contributed by atoms with Crippen LogP contribution in [-0.4, -0.2) is 35.8 Å². The van der Waals surface area contributed by atoms with Crippen LogP contribution in [0.2, 0.25) is 0 Å². The number of aliphatic hydroxyl groups is 1. The first-order valence-corrected chi connectivity index (χ1v) is 9.75. The number of nitrogens with one attached hydrogen (secondary N) is 3. The van der Waals surface area contributed by atoms with Gasteiger partial charge in [0.1, 0.15) is 5.75 Å². The number of carbonyl (C=O) groups is 1. The molecule has 2 aliphatic heterocycles. The molecule has 0 spiro atoms. The predicted molar refractivity (Wildman–Crippen MR) is 98.6 cm³/mol. The van der Waals surface area contributed by atoms with Crippen LogP contribution < -0.4 is 20.9 Å². The van der Waals surface area contributed by atoms with E-state index in [0.29, 0.717) is 12.3 Å². The molecule has 1 aromatic carbocycles. The summed E-state index contributed by atoms with van der Waals surface area (Å²) < 4.78 is 5.60. The summed E-state index contributed by atoms with van der Waals surface area (Å²) in [6.45, 7) is 4.94. The molecule has 6 nitrogen and oxygen atoms in total. The van der Waals surface area contributed by atoms with E-state index in [1.807, 2.05) is 6.07 Å². The molecule has 3 aliphatic rings. The first kappa shape index (κ1) is 17.8. The number of carbonyl (C=O) groups excluding carboxylic acids is 1. The van der Waals surface area contributed by atoms with Gasteiger partial charge >= 0.3 is 0 Å². The zero-order chi connectivity index (χ0) is 18.3. The van der Waals surface area contributed by atoms with Crippen LogP contribution in [0.15, 0.2) is 18.2 Å². The molecule has 0 aromatic heterocycles. The number of ether oxygens (including phenoxy) is 1. The quantitative estimate of drug-likeness (QED) is 0.640. The van der Waals surface area contributed by atoms with Crippen molar-refractivity contribution in [3.63, 3.8) is 0 Å². The van der Waals surface area contributed by atoms with Gasteiger partial charge in [0.15, 0.2) is 0 Å². The van der Waals surface area contributed by atoms with Gasteiger partial charge < -0.3 is 15.2 Å². The summed E-state index contributed by atoms with van der Waals surface area (Å²) in [4.78, 5) is 12.8. The largest absolute Gasteiger partial charge is 0.493 e. The van der Waals surface area contributed by atoms with E-state index in [-0.39, 0.29) is 36.1 Å². The second-order valence-corrected chi connectivity index (χ2v) is 8.13. The summed E-state index contributed by atoms with van der Waals surface area (Å²) in [5, 5.41) is 13.0. The van der Waals surface area contributed by atoms with Gasteiger partial charge in [-0.3, -0.25) is 15.6 Å². The van der Waals surface area contributed by atoms with Crippen molar-refractivity contribution in [2.45, 2.75) is 63.8 Å². The van der Waals surface area contributed by atoms with Gasteiger partial charge in [-0.15, -0.1) is 0 Å². The molecule has 4 rings (SSSR count). The third kappa shape index (κ3) is 3.46. The second-order valence-electron chi connectivity index (χ2n) is 8.13. The molecule has 142 valence electrons. The average molecular weight is 359 g/mol. The molecule has 2 fully saturated rings. The summed E-state index contributed by atoms with van der Waals surface area (Å²) in [5.41, 5.74) is 8.77. The van der Waals surface area contributed by atoms with E-state index in [0.717, 1.165) is 37.2 Å². The van der Waals surface area contributed by atoms with Gasteiger partial charge in [-0.25, -0.2) is 0 Å². The second kappa shape index (κ2) is 7.18. The highest BCUT2D eigenvalue weighted by Crippen LogP contribution is 2.40. The maximum Gasteiger partial charge on any atom is 0.220 e. The summed E-state index contributed by atoms with van der Waals surface area (Å²) in [7, 11) is 0. The van der Waals surface area contributed by atoms with Crippen molar-refractivity contribution >= 4 is 5.91 Å². The first-order chi connectivity index (χ1) is 12.5. The van der Waals surface area contributed by atoms with Crippen LogP contribution in [0.3, 0.4) is 0 Å². The molecular formula is C20H29N3O3. The van der Waals surface area contributed by atoms with E-state index in [4.69, 9.17) is 4.74 Å². The summed E-state index contributed by atoms with van der Waals surface area (Å²) in [5.74, 6) is 1.61. The van der Waals surface area contributed by atoms with Crippen molar-refractivity contribution in [1.29, 1.82) is 0 Å². The number of hydrazine groups is 1. The van der Waals surface area contributed by atoms with Gasteiger partial charge in [0.25, 0.3) is 0 Å². The molecular weight excluding hydrogens is 330 g/mol. The molecule has 1 amide bonds. The van der Waals surface area contributed by atoms with E-state index < -0.39 is 0 Å². The monoisotopic (exact) mass is 359 g/mol. The maximum atomic E-state index is 12.8. The molecule has 1 saturated heterocycles. The van der Waals surface area contributed by atoms with Crippen molar-refractivity contribution < 1.29 is 14.6 Å². The Bertz CT molecular complexity index is 664. The van der Waals surface area contributed by atoms with Crippen molar-refractivity contribution in [1.82, 2.24) is 16.2 Å². The van der Waals surface area contributed by atoms with E-state index in [1.54, 1.807) is 0 Å². The molecule has 0 radical (unpaired) electrons. The standard InChI is InChI=1S/C20H29N3O3/c1-11-17(12(2)23-22-11)10-19(25)21-20(15-8-16(24)9-15)14-3-4-18-13(7-14)5-6-26-18/h3-4,7,11-12,15-17,20,22-24H,5-6,8-10H2,1-2H3,(H,21,25). The van der Waals surface area contributed by atoms with Crippen LogP contribution in [0, 0.1) is 11.8 Å². The highest BCUT2D eigenvalue weighted by Gasteiger charge is 2.37. The smallest absolute Gasteiger partial charge is 0.220 e. The molecule has 4 N–H and O–H groups in total. The van der Waals surface area contributed by atoms with Crippen LogP contribution in [0.1, 0.15) is 50.3 Å². The van der Waals surface area contributed by atoms with Crippen molar-refractivity contribution in [2.75, 3.05) is 6.61 Å². The number of hydrogen-bond donors (Lipinski definition) is 4. The van der Waals surface area contributed by atoms with Crippen molar-refractivity contribution in [3.05, 3.63) is 29.3 Å². The predicted octanol–water partition coefficient (Wildman–Crippen LogP) is 1.44. The Labute approximate surface area is 154 Å². The number of benzene rings is 1. The van der Waals surface area contributed by atoms with Gasteiger partial charge in [-0.05, 0) is 55.9 Å². The number of fused-ring (bicyclic) bond motifs is 1. The molecule has 0 bridgehead atoms. The van der Waals surface area contributed by atoms with Gasteiger partial charge in [0.2, 0.25) is 5.91 Å². The van der Waals surface area contributed by atoms with Gasteiger partial charge in [-0.2, -0.15) is 0 Å². The minimum absolute atomic E-state index is 0.0373. The van der Waals surface area contributed by atoms with Crippen LogP contribution in [0.4, 0.5) is 0 Å². The fourth-order valence-corrected chi connectivity index (χ4v) is 4.49. The lowest BCUT2D eigenvalue weighted by Gasteiger charge is -2.38. The topological polar surface area (TPSA) is 82.6 Å². The van der Waals surface area contributed by atoms with Crippen molar-refractivity contribution in [3.8, 4) is 5.75 Å². The van der Waals surface area contributed by atoms with Crippen LogP contribution in [0.25, 0.3) is 0 Å². The highest BCUT2D eigenvalue weighted by atomic mass is 16.5. The molecule has 1 saturated carbocycles. The lowest BCUT2D eigenvalue weighted by Crippen LogP contribution is -2.42. The number of aliphatic hydroxyl groups excluding tert-OH is 1. The molecule has 2 heterocycles. The Balaban J connectivity index is 1.48. The van der Waals surface area contributed by atoms with Crippen LogP contribution in [-0.2, 0) is 11.2 Å². The fraction of sp³-hybridized carbons (Fsp3) is 0.650. The highest BCUT2D eigenvalue weighted by molar-refractivity contribution is 5.77. The molecule has 26 heavy (non-hydrogen) atoms. The first-order valence-electron chi connectivity index (χ1n) is 9.75. The molecule has 1 aliphatic carbocycles. The summed E-state index contributed by atoms with van der Waals surface area (Å²) in [6, 6.07) is 6.76. The van der Waals surface area contributed by atoms with Gasteiger partial charge in [0.05, 0.1) is 18.8 Å². The van der Waals surface area contributed by atoms with E-state index in [2.05, 4.69) is 42.1 Å². The van der Waals surface area contributed by atoms with E-state index in [1.165, 1.54) is 5.56 Å². The Morgan fingerprint density at radius 3 is 2.73 bits per heavy atom. The number of amides is 1. The Morgan fingerprint density at radius 2 is 2.04 bits per heavy atom. The molecule has 3 atom stereocenters. The van der Waals surface area contributed by atoms with Gasteiger partial charge in [-0.1, -0.05) is 6.07 Å². The van der Waals surface area contributed by atoms with Crippen LogP contribution in [0.5, 0.6) is 5.75 Å². The van der Waals surface area contributed by atoms with Gasteiger partial charge in [0, 0.05) is 30.8 Å². The normalized spacial score (nSPS) is 33.9. The fourth-order valence-electron chi connectivity index (χ4n) is 4.49. The Kier molecular flexibility index (Phi) is 4.90. The molecule has 6 heteroatoms. The van der Waals surface area contributed by atoms with E-state index in [9.17, 15) is 9.90 Å². The Hall–Kier alpha value is -1.63. The molecule has 1 aromatic rings. The zero-order valence-electron chi connectivity index (χ0n) is 15.5. The maximum absolute atomic E-state index is 12.8. The molecule has 3 unspecified atom stereocenters. The minimum Gasteiger partial charge on any atom is -0.493 e. The minimum atomic E-state index is -0.236. The zero-order valence-corrected chi connectivity index (χ0v) is 15.5. The summed E-state index contributed by atoms with van der Waals surface area (Å²) >= 11 is 0. The Morgan fingerprint density at radius 1 is 1.31 bits per heavy atom. The third-order valence-corrected chi connectivity index (χ3v) is 6.25. The lowest BCUT2D eigenvalue weighted by molar-refractivity contribution is -0.124.